The van der Waals surface area contributed by atoms with Crippen molar-refractivity contribution in [1.29, 1.82) is 0 Å². The molecule has 1 saturated heterocycles. The summed E-state index contributed by atoms with van der Waals surface area (Å²) in [6.45, 7) is 2.87. The number of carboxylic acid groups (broad SMARTS) is 1. The van der Waals surface area contributed by atoms with E-state index in [1.54, 1.807) is 0 Å². The van der Waals surface area contributed by atoms with E-state index in [0.29, 0.717) is 12.8 Å². The summed E-state index contributed by atoms with van der Waals surface area (Å²) in [6, 6.07) is 0. The topological polar surface area (TPSA) is 107 Å². The number of hydrogen-bond donors (Lipinski definition) is 4. The first-order valence-corrected chi connectivity index (χ1v) is 8.02. The van der Waals surface area contributed by atoms with E-state index in [9.17, 15) is 9.90 Å². The highest BCUT2D eigenvalue weighted by molar-refractivity contribution is 6.40. The second kappa shape index (κ2) is 7.09. The summed E-state index contributed by atoms with van der Waals surface area (Å²) < 4.78 is 0. The van der Waals surface area contributed by atoms with Crippen LogP contribution in [0.1, 0.15) is 38.5 Å². The molecule has 3 atom stereocenters. The maximum atomic E-state index is 11.7. The van der Waals surface area contributed by atoms with Crippen LogP contribution in [0.25, 0.3) is 0 Å². The largest absolute Gasteiger partial charge is 0.480 e. The van der Waals surface area contributed by atoms with E-state index in [1.165, 1.54) is 12.8 Å². The number of carbonyl (C=O) groups is 1. The fourth-order valence-electron chi connectivity index (χ4n) is 3.87. The van der Waals surface area contributed by atoms with Crippen molar-refractivity contribution in [2.75, 3.05) is 19.6 Å². The number of nitrogens with two attached hydrogens (primary N) is 1. The zero-order chi connectivity index (χ0) is 15.5. The first kappa shape index (κ1) is 16.7. The predicted molar refractivity (Wildman–Crippen MR) is 80.7 cm³/mol. The minimum absolute atomic E-state index is 0.0107. The molecule has 1 heterocycles. The van der Waals surface area contributed by atoms with Crippen molar-refractivity contribution >= 4 is 13.1 Å². The van der Waals surface area contributed by atoms with Crippen LogP contribution in [0, 0.1) is 11.8 Å². The maximum absolute atomic E-state index is 11.7. The fourth-order valence-corrected chi connectivity index (χ4v) is 3.87. The number of rotatable bonds is 6. The lowest BCUT2D eigenvalue weighted by molar-refractivity contribution is -0.148. The van der Waals surface area contributed by atoms with Gasteiger partial charge in [0.25, 0.3) is 0 Å². The first-order chi connectivity index (χ1) is 9.91. The molecule has 120 valence electrons. The molecule has 2 fully saturated rings. The third-order valence-corrected chi connectivity index (χ3v) is 5.19. The zero-order valence-corrected chi connectivity index (χ0v) is 12.6. The third kappa shape index (κ3) is 4.19. The van der Waals surface area contributed by atoms with Gasteiger partial charge in [0.05, 0.1) is 0 Å². The van der Waals surface area contributed by atoms with Crippen LogP contribution in [-0.4, -0.2) is 58.3 Å². The van der Waals surface area contributed by atoms with E-state index in [0.717, 1.165) is 32.5 Å². The second-order valence-corrected chi connectivity index (χ2v) is 6.76. The van der Waals surface area contributed by atoms with Gasteiger partial charge in [0.15, 0.2) is 0 Å². The number of carboxylic acids is 1. The summed E-state index contributed by atoms with van der Waals surface area (Å²) in [5.74, 6) is -0.757. The van der Waals surface area contributed by atoms with Gasteiger partial charge in [-0.2, -0.15) is 0 Å². The molecule has 7 heteroatoms. The average Bonchev–Trinajstić information content (AvgIpc) is 2.92. The van der Waals surface area contributed by atoms with Gasteiger partial charge in [-0.3, -0.25) is 4.79 Å². The molecule has 0 spiro atoms. The van der Waals surface area contributed by atoms with Crippen LogP contribution in [0.5, 0.6) is 0 Å². The number of hydrogen-bond acceptors (Lipinski definition) is 5. The van der Waals surface area contributed by atoms with Crippen LogP contribution in [0.3, 0.4) is 0 Å². The molecule has 0 bridgehead atoms. The number of nitrogens with zero attached hydrogens (tertiary/aromatic N) is 1. The molecule has 21 heavy (non-hydrogen) atoms. The van der Waals surface area contributed by atoms with E-state index >= 15 is 0 Å². The van der Waals surface area contributed by atoms with Gasteiger partial charge < -0.3 is 25.8 Å². The van der Waals surface area contributed by atoms with E-state index in [1.807, 2.05) is 0 Å². The Morgan fingerprint density at radius 1 is 1.29 bits per heavy atom. The third-order valence-electron chi connectivity index (χ3n) is 5.19. The molecular formula is C14H27BN2O4. The Kier molecular flexibility index (Phi) is 5.65. The van der Waals surface area contributed by atoms with Crippen molar-refractivity contribution in [2.24, 2.45) is 17.6 Å². The SMILES string of the molecule is N[C@]1(C(=O)O)CC(CCB(O)O)CC[C@H]1CN1CCCC1. The Hall–Kier alpha value is -0.625. The van der Waals surface area contributed by atoms with Gasteiger partial charge in [-0.05, 0) is 57.4 Å². The lowest BCUT2D eigenvalue weighted by Crippen LogP contribution is -2.59. The molecule has 1 saturated carbocycles. The van der Waals surface area contributed by atoms with Gasteiger partial charge in [0.1, 0.15) is 5.54 Å². The summed E-state index contributed by atoms with van der Waals surface area (Å²) in [7, 11) is -1.32. The van der Waals surface area contributed by atoms with Crippen molar-refractivity contribution in [2.45, 2.75) is 50.4 Å². The van der Waals surface area contributed by atoms with Crippen molar-refractivity contribution in [3.63, 3.8) is 0 Å². The van der Waals surface area contributed by atoms with E-state index in [-0.39, 0.29) is 18.2 Å². The minimum atomic E-state index is -1.32. The van der Waals surface area contributed by atoms with Crippen molar-refractivity contribution < 1.29 is 19.9 Å². The Morgan fingerprint density at radius 2 is 1.95 bits per heavy atom. The second-order valence-electron chi connectivity index (χ2n) is 6.76. The number of likely N-dealkylation sites (tertiary alicyclic amines) is 1. The fraction of sp³-hybridized carbons (Fsp3) is 0.929. The van der Waals surface area contributed by atoms with Gasteiger partial charge in [-0.25, -0.2) is 0 Å². The van der Waals surface area contributed by atoms with Crippen molar-refractivity contribution in [3.8, 4) is 0 Å². The molecule has 0 radical (unpaired) electrons. The summed E-state index contributed by atoms with van der Waals surface area (Å²) >= 11 is 0. The van der Waals surface area contributed by atoms with Gasteiger partial charge in [0, 0.05) is 12.5 Å². The van der Waals surface area contributed by atoms with Crippen LogP contribution in [0.2, 0.25) is 6.32 Å². The molecule has 2 rings (SSSR count). The normalized spacial score (nSPS) is 34.0. The zero-order valence-electron chi connectivity index (χ0n) is 12.6. The highest BCUT2D eigenvalue weighted by atomic mass is 16.4. The smallest absolute Gasteiger partial charge is 0.451 e. The summed E-state index contributed by atoms with van der Waals surface area (Å²) in [6.07, 6.45) is 5.47. The summed E-state index contributed by atoms with van der Waals surface area (Å²) in [4.78, 5) is 14.0. The van der Waals surface area contributed by atoms with Crippen LogP contribution in [0.4, 0.5) is 0 Å². The Labute approximate surface area is 126 Å². The maximum Gasteiger partial charge on any atom is 0.451 e. The molecule has 0 aromatic rings. The standard InChI is InChI=1S/C14H27BN2O4/c16-14(13(18)19)9-11(5-6-15(20)21)3-4-12(14)10-17-7-1-2-8-17/h11-12,20-21H,1-10,16H2,(H,18,19)/t11?,12-,14+/m0/s1. The molecule has 0 aromatic carbocycles. The van der Waals surface area contributed by atoms with E-state index in [2.05, 4.69) is 4.90 Å². The van der Waals surface area contributed by atoms with Crippen LogP contribution >= 0.6 is 0 Å². The van der Waals surface area contributed by atoms with Crippen LogP contribution in [-0.2, 0) is 4.79 Å². The molecule has 2 aliphatic rings. The lowest BCUT2D eigenvalue weighted by atomic mass is 9.66. The molecule has 1 unspecified atom stereocenters. The van der Waals surface area contributed by atoms with Crippen molar-refractivity contribution in [3.05, 3.63) is 0 Å². The highest BCUT2D eigenvalue weighted by Gasteiger charge is 2.47. The van der Waals surface area contributed by atoms with Crippen LogP contribution < -0.4 is 5.73 Å². The minimum Gasteiger partial charge on any atom is -0.480 e. The first-order valence-electron chi connectivity index (χ1n) is 8.02. The average molecular weight is 298 g/mol. The van der Waals surface area contributed by atoms with Gasteiger partial charge in [0.2, 0.25) is 0 Å². The molecule has 1 aliphatic carbocycles. The predicted octanol–water partition coefficient (Wildman–Crippen LogP) is 0.143. The molecular weight excluding hydrogens is 271 g/mol. The summed E-state index contributed by atoms with van der Waals surface area (Å²) in [5, 5.41) is 27.5. The Morgan fingerprint density at radius 3 is 2.52 bits per heavy atom. The van der Waals surface area contributed by atoms with Gasteiger partial charge >= 0.3 is 13.1 Å². The Balaban J connectivity index is 1.97. The Bertz CT molecular complexity index is 363. The highest BCUT2D eigenvalue weighted by Crippen LogP contribution is 2.39. The molecule has 6 nitrogen and oxygen atoms in total. The summed E-state index contributed by atoms with van der Waals surface area (Å²) in [5.41, 5.74) is 5.10. The van der Waals surface area contributed by atoms with Gasteiger partial charge in [-0.15, -0.1) is 0 Å². The molecule has 0 aromatic heterocycles. The lowest BCUT2D eigenvalue weighted by Gasteiger charge is -2.43. The van der Waals surface area contributed by atoms with Crippen LogP contribution in [0.15, 0.2) is 0 Å². The molecule has 5 N–H and O–H groups in total. The monoisotopic (exact) mass is 298 g/mol. The number of aliphatic carboxylic acids is 1. The quantitative estimate of drug-likeness (QED) is 0.520. The van der Waals surface area contributed by atoms with Gasteiger partial charge in [-0.1, -0.05) is 6.42 Å². The molecule has 0 amide bonds. The van der Waals surface area contributed by atoms with Crippen molar-refractivity contribution in [1.82, 2.24) is 4.90 Å². The van der Waals surface area contributed by atoms with E-state index in [4.69, 9.17) is 15.8 Å². The molecule has 1 aliphatic heterocycles. The van der Waals surface area contributed by atoms with E-state index < -0.39 is 18.6 Å².